The number of ether oxygens (including phenoxy) is 7. The van der Waals surface area contributed by atoms with Gasteiger partial charge in [0, 0.05) is 68.9 Å². The van der Waals surface area contributed by atoms with Gasteiger partial charge >= 0.3 is 23.9 Å². The summed E-state index contributed by atoms with van der Waals surface area (Å²) < 4.78 is 42.2. The summed E-state index contributed by atoms with van der Waals surface area (Å²) in [4.78, 5) is 152. The predicted molar refractivity (Wildman–Crippen MR) is 346 cm³/mol. The van der Waals surface area contributed by atoms with Gasteiger partial charge < -0.3 is 38.1 Å². The number of hydrogen-bond donors (Lipinski definition) is 7. The van der Waals surface area contributed by atoms with Gasteiger partial charge in [-0.1, -0.05) is 101 Å². The average Bonchev–Trinajstić information content (AvgIpc) is 1.59. The van der Waals surface area contributed by atoms with Crippen LogP contribution in [0.1, 0.15) is 148 Å². The van der Waals surface area contributed by atoms with Crippen LogP contribution < -0.4 is 32.6 Å². The van der Waals surface area contributed by atoms with E-state index in [1.165, 1.54) is 55.8 Å². The Labute approximate surface area is 545 Å². The molecule has 3 fully saturated rings. The number of imidazole rings is 3. The molecule has 94 heavy (non-hydrogen) atoms. The number of terminal acetylenes is 3. The van der Waals surface area contributed by atoms with Gasteiger partial charge in [-0.05, 0) is 19.3 Å². The van der Waals surface area contributed by atoms with Gasteiger partial charge in [-0.2, -0.15) is 15.0 Å². The number of aromatic nitrogens is 12. The van der Waals surface area contributed by atoms with E-state index in [2.05, 4.69) is 83.6 Å². The molecule has 512 valence electrons. The summed E-state index contributed by atoms with van der Waals surface area (Å²) in [5.74, 6) is 3.65. The van der Waals surface area contributed by atoms with Crippen molar-refractivity contribution in [3.63, 3.8) is 0 Å². The first-order valence-corrected chi connectivity index (χ1v) is 30.2. The lowest BCUT2D eigenvalue weighted by Crippen LogP contribution is -2.36. The second-order valence-corrected chi connectivity index (χ2v) is 23.3. The van der Waals surface area contributed by atoms with Gasteiger partial charge in [0.05, 0.1) is 12.7 Å². The first kappa shape index (κ1) is 73.0. The zero-order valence-corrected chi connectivity index (χ0v) is 55.0. The van der Waals surface area contributed by atoms with Crippen LogP contribution >= 0.6 is 0 Å². The summed E-state index contributed by atoms with van der Waals surface area (Å²) in [6.07, 6.45) is 17.9. The molecule has 7 N–H and O–H groups in total. The number of esters is 4. The molecule has 0 aliphatic carbocycles. The first-order valence-electron chi connectivity index (χ1n) is 30.2. The molecule has 6 aromatic rings. The first-order chi connectivity index (χ1) is 44.2. The molecule has 3 saturated heterocycles. The van der Waals surface area contributed by atoms with Crippen LogP contribution in [0.15, 0.2) is 33.4 Å². The van der Waals surface area contributed by atoms with E-state index >= 15 is 0 Å². The molecular formula is C62H87N15O17. The Hall–Kier alpha value is -10.1. The standard InChI is InChI=1S/2C20H25N5O5.C13H18O5.C9H11N5O2.4H2/c1-7-20(8-2)11(5)14(29-12(6)26)18(30-20)25-9-21-15-13(25)17(28)24-19(22-15)23-16(27)10(3)4;1-7-20(8-2)11(5)14(29-12(6)26)18(30-20)25-9-21-13-15(25)22-19(24-17(13)28)23-16(27)10(3)4;1-6-13(7-2)8(3)11(16-9(4)14)12(18-13)17-10(5)15;1-4(2)7(15)13-9-12-6-5(8(16)14-9)10-3-11-6;;;;/h2*1,9-11,14,18H,8H2,2-6H3,(H2,22,23,24,27,28);1,8,11-12H,7H2,2-5H3;3-4H,1-2H3,(H3,10,11,12,13,14,15,16);4*1H/t2*11?,14-,18+,20+;8?,11-,12?,13+;;;;;/m000...../s1. The third-order valence-electron chi connectivity index (χ3n) is 16.0. The van der Waals surface area contributed by atoms with E-state index in [0.29, 0.717) is 24.8 Å². The van der Waals surface area contributed by atoms with Gasteiger partial charge in [0.2, 0.25) is 41.9 Å². The number of hydrogen-bond acceptors (Lipinski definition) is 23. The second kappa shape index (κ2) is 30.1. The van der Waals surface area contributed by atoms with Crippen molar-refractivity contribution in [1.29, 1.82) is 0 Å². The molecule has 12 atom stereocenters. The number of H-pyrrole nitrogens is 4. The molecular weight excluding hydrogens is 1230 g/mol. The molecule has 9 rings (SSSR count). The number of carbonyl (C=O) groups is 7. The Morgan fingerprint density at radius 1 is 0.553 bits per heavy atom. The molecule has 4 unspecified atom stereocenters. The van der Waals surface area contributed by atoms with Gasteiger partial charge in [0.25, 0.3) is 16.7 Å². The maximum atomic E-state index is 12.8. The summed E-state index contributed by atoms with van der Waals surface area (Å²) in [5.41, 5.74) is -3.16. The Morgan fingerprint density at radius 2 is 0.947 bits per heavy atom. The number of aromatic amines is 4. The van der Waals surface area contributed by atoms with E-state index < -0.39 is 88.9 Å². The third kappa shape index (κ3) is 15.7. The molecule has 0 spiro atoms. The Balaban J connectivity index is 0.000000453. The summed E-state index contributed by atoms with van der Waals surface area (Å²) in [6.45, 7) is 26.7. The molecule has 3 amide bonds. The number of nitrogens with one attached hydrogen (secondary N) is 7. The smallest absolute Gasteiger partial charge is 0.305 e. The van der Waals surface area contributed by atoms with Crippen LogP contribution in [0.5, 0.6) is 0 Å². The average molecular weight is 1310 g/mol. The number of nitrogens with zero attached hydrogens (tertiary/aromatic N) is 8. The highest BCUT2D eigenvalue weighted by molar-refractivity contribution is 5.92. The predicted octanol–water partition coefficient (Wildman–Crippen LogP) is 5.67. The van der Waals surface area contributed by atoms with Crippen molar-refractivity contribution in [2.45, 2.75) is 184 Å². The van der Waals surface area contributed by atoms with Crippen LogP contribution in [-0.4, -0.2) is 142 Å². The lowest BCUT2D eigenvalue weighted by atomic mass is 9.85. The molecule has 0 saturated carbocycles. The molecule has 0 bridgehead atoms. The van der Waals surface area contributed by atoms with E-state index in [0.717, 1.165) is 0 Å². The fraction of sp³-hybridized carbons (Fsp3) is 0.548. The largest absolute Gasteiger partial charge is 0.457 e. The number of fused-ring (bicyclic) bond motifs is 3. The van der Waals surface area contributed by atoms with E-state index in [1.54, 1.807) is 41.5 Å². The van der Waals surface area contributed by atoms with Crippen molar-refractivity contribution in [2.75, 3.05) is 16.0 Å². The van der Waals surface area contributed by atoms with Gasteiger partial charge in [-0.15, -0.1) is 19.3 Å². The minimum atomic E-state index is -0.966. The molecule has 9 heterocycles. The van der Waals surface area contributed by atoms with E-state index in [1.807, 2.05) is 41.5 Å². The maximum absolute atomic E-state index is 12.8. The van der Waals surface area contributed by atoms with Crippen LogP contribution in [-0.2, 0) is 66.7 Å². The van der Waals surface area contributed by atoms with E-state index in [9.17, 15) is 47.9 Å². The van der Waals surface area contributed by atoms with Crippen LogP contribution in [0.3, 0.4) is 0 Å². The summed E-state index contributed by atoms with van der Waals surface area (Å²) >= 11 is 0. The van der Waals surface area contributed by atoms with Crippen molar-refractivity contribution in [1.82, 2.24) is 59.0 Å². The van der Waals surface area contributed by atoms with Crippen LogP contribution in [0, 0.1) is 72.5 Å². The van der Waals surface area contributed by atoms with E-state index in [4.69, 9.17) is 52.4 Å². The fourth-order valence-corrected chi connectivity index (χ4v) is 10.5. The Kier molecular flexibility index (Phi) is 23.4. The fourth-order valence-electron chi connectivity index (χ4n) is 10.5. The lowest BCUT2D eigenvalue weighted by molar-refractivity contribution is -0.199. The number of anilines is 3. The molecule has 0 radical (unpaired) electrons. The molecule has 3 aliphatic heterocycles. The molecule has 32 heteroatoms. The highest BCUT2D eigenvalue weighted by atomic mass is 16.7. The quantitative estimate of drug-likeness (QED) is 0.0370. The SMILES string of the molecule is C#C[C@]1(CC)OC(OC(C)=O)[C@@H](OC(C)=O)C1C.C#C[C@]1(CC)O[C@@H](n2cnc3c(=O)[nH]c(NC(=O)C(C)C)nc32)[C@@H](OC(C)=O)C1C.C#C[C@]1(CC)O[C@@H](n2cnc3nc(NC(=O)C(C)C)[nH]c(=O)c32)[C@@H](OC(C)=O)C1C.CC(C)C(=O)Nc1nc2nc[nH]c2c(=O)[nH]1.[HH].[HH].[HH].[HH]. The van der Waals surface area contributed by atoms with Crippen molar-refractivity contribution < 1.29 is 72.4 Å². The minimum absolute atomic E-state index is 0. The summed E-state index contributed by atoms with van der Waals surface area (Å²) in [6, 6.07) is 0. The minimum Gasteiger partial charge on any atom is -0.457 e. The zero-order chi connectivity index (χ0) is 70.1. The van der Waals surface area contributed by atoms with E-state index in [-0.39, 0.29) is 110 Å². The summed E-state index contributed by atoms with van der Waals surface area (Å²) in [7, 11) is 0. The van der Waals surface area contributed by atoms with Crippen LogP contribution in [0.4, 0.5) is 17.8 Å². The summed E-state index contributed by atoms with van der Waals surface area (Å²) in [5, 5.41) is 7.62. The normalized spacial score (nSPS) is 25.1. The second-order valence-electron chi connectivity index (χ2n) is 23.3. The van der Waals surface area contributed by atoms with Gasteiger partial charge in [0.15, 0.2) is 64.3 Å². The number of carbonyl (C=O) groups excluding carboxylic acids is 7. The van der Waals surface area contributed by atoms with Crippen molar-refractivity contribution in [3.05, 3.63) is 50.0 Å². The Bertz CT molecular complexity index is 4170. The lowest BCUT2D eigenvalue weighted by Gasteiger charge is -2.25. The number of amides is 3. The monoisotopic (exact) mass is 1310 g/mol. The maximum Gasteiger partial charge on any atom is 0.305 e. The Morgan fingerprint density at radius 3 is 1.39 bits per heavy atom. The van der Waals surface area contributed by atoms with Crippen molar-refractivity contribution in [2.24, 2.45) is 35.5 Å². The highest BCUT2D eigenvalue weighted by Gasteiger charge is 2.56. The van der Waals surface area contributed by atoms with Crippen LogP contribution in [0.2, 0.25) is 0 Å². The molecule has 6 aromatic heterocycles. The topological polar surface area (TPSA) is 422 Å². The zero-order valence-electron chi connectivity index (χ0n) is 55.0. The molecule has 3 aliphatic rings. The highest BCUT2D eigenvalue weighted by Crippen LogP contribution is 2.47. The molecule has 0 aromatic carbocycles. The molecule has 32 nitrogen and oxygen atoms in total. The van der Waals surface area contributed by atoms with Gasteiger partial charge in [-0.25, -0.2) is 15.0 Å². The third-order valence-corrected chi connectivity index (χ3v) is 16.0. The van der Waals surface area contributed by atoms with Gasteiger partial charge in [0.1, 0.15) is 23.1 Å². The van der Waals surface area contributed by atoms with Crippen LogP contribution in [0.25, 0.3) is 33.5 Å². The van der Waals surface area contributed by atoms with Crippen molar-refractivity contribution in [3.8, 4) is 37.0 Å². The van der Waals surface area contributed by atoms with Gasteiger partial charge in [-0.3, -0.25) is 88.0 Å². The van der Waals surface area contributed by atoms with Crippen molar-refractivity contribution >= 4 is 92.9 Å². The number of rotatable bonds is 15.